The van der Waals surface area contributed by atoms with E-state index in [0.29, 0.717) is 12.3 Å². The average Bonchev–Trinajstić information content (AvgIpc) is 3.09. The van der Waals surface area contributed by atoms with Crippen LogP contribution in [0.1, 0.15) is 105 Å². The number of carboxylic acids is 1. The second kappa shape index (κ2) is 13.5. The predicted molar refractivity (Wildman–Crippen MR) is 131 cm³/mol. The van der Waals surface area contributed by atoms with E-state index < -0.39 is 20.4 Å². The normalized spacial score (nSPS) is 18.7. The van der Waals surface area contributed by atoms with Gasteiger partial charge in [0.15, 0.2) is 8.32 Å². The zero-order valence-corrected chi connectivity index (χ0v) is 21.6. The maximum Gasteiger partial charge on any atom is 0.331 e. The molecule has 0 amide bonds. The van der Waals surface area contributed by atoms with Crippen LogP contribution < -0.4 is 0 Å². The minimum atomic E-state index is -2.05. The molecule has 0 spiro atoms. The van der Waals surface area contributed by atoms with Crippen molar-refractivity contribution in [1.29, 1.82) is 0 Å². The van der Waals surface area contributed by atoms with Crippen molar-refractivity contribution in [3.63, 3.8) is 0 Å². The van der Waals surface area contributed by atoms with Crippen LogP contribution in [0, 0.1) is 5.92 Å². The number of aliphatic carboxylic acids is 1. The third-order valence-electron chi connectivity index (χ3n) is 6.90. The Morgan fingerprint density at radius 1 is 1.20 bits per heavy atom. The van der Waals surface area contributed by atoms with Crippen molar-refractivity contribution in [3.8, 4) is 0 Å². The molecule has 0 aromatic heterocycles. The Morgan fingerprint density at radius 2 is 1.90 bits per heavy atom. The van der Waals surface area contributed by atoms with Gasteiger partial charge < -0.3 is 9.53 Å². The standard InChI is InChI=1S/C26H48O3Si/c1-7-8-9-10-11-13-17-22-19-16-20-23(22)18-14-12-15-21-24(25(27)28)29-30(5,6)26(2,3)4/h13,17,20,22,24H,7-12,14-16,18-19,21H2,1-6H3,(H,27,28)/b17-13+/t22-,24?/m0/s1. The number of rotatable bonds is 15. The van der Waals surface area contributed by atoms with Gasteiger partial charge in [0.25, 0.3) is 0 Å². The van der Waals surface area contributed by atoms with Crippen molar-refractivity contribution >= 4 is 14.3 Å². The minimum absolute atomic E-state index is 0.0359. The van der Waals surface area contributed by atoms with Gasteiger partial charge in [0, 0.05) is 0 Å². The van der Waals surface area contributed by atoms with Crippen molar-refractivity contribution in [2.75, 3.05) is 0 Å². The van der Waals surface area contributed by atoms with Crippen LogP contribution in [0.15, 0.2) is 23.8 Å². The SMILES string of the molecule is CCCCCC/C=C/[C@H]1CCC=C1CCCCCC(O[Si](C)(C)C(C)(C)C)C(=O)O. The molecule has 1 unspecified atom stereocenters. The van der Waals surface area contributed by atoms with Gasteiger partial charge in [0.2, 0.25) is 0 Å². The Balaban J connectivity index is 2.32. The summed E-state index contributed by atoms with van der Waals surface area (Å²) in [4.78, 5) is 11.7. The lowest BCUT2D eigenvalue weighted by atomic mass is 9.95. The molecular formula is C26H48O3Si. The molecule has 3 nitrogen and oxygen atoms in total. The van der Waals surface area contributed by atoms with Gasteiger partial charge in [0.1, 0.15) is 6.10 Å². The monoisotopic (exact) mass is 436 g/mol. The molecule has 4 heteroatoms. The molecule has 1 rings (SSSR count). The van der Waals surface area contributed by atoms with Crippen LogP contribution in [-0.4, -0.2) is 25.5 Å². The van der Waals surface area contributed by atoms with Crippen LogP contribution in [0.4, 0.5) is 0 Å². The van der Waals surface area contributed by atoms with Crippen molar-refractivity contribution in [2.24, 2.45) is 5.92 Å². The lowest BCUT2D eigenvalue weighted by Gasteiger charge is -2.38. The maximum atomic E-state index is 11.7. The van der Waals surface area contributed by atoms with Crippen molar-refractivity contribution in [3.05, 3.63) is 23.8 Å². The molecule has 2 atom stereocenters. The summed E-state index contributed by atoms with van der Waals surface area (Å²) in [6.45, 7) is 13.0. The van der Waals surface area contributed by atoms with Gasteiger partial charge in [-0.05, 0) is 69.0 Å². The van der Waals surface area contributed by atoms with Crippen molar-refractivity contribution in [1.82, 2.24) is 0 Å². The molecule has 0 fully saturated rings. The second-order valence-electron chi connectivity index (χ2n) is 10.5. The van der Waals surface area contributed by atoms with Gasteiger partial charge in [-0.25, -0.2) is 4.79 Å². The Kier molecular flexibility index (Phi) is 12.2. The Hall–Kier alpha value is -0.873. The number of allylic oxidation sites excluding steroid dienone is 4. The van der Waals surface area contributed by atoms with Crippen molar-refractivity contribution in [2.45, 2.75) is 129 Å². The number of hydrogen-bond acceptors (Lipinski definition) is 2. The number of hydrogen-bond donors (Lipinski definition) is 1. The number of unbranched alkanes of at least 4 members (excludes halogenated alkanes) is 6. The van der Waals surface area contributed by atoms with E-state index in [2.05, 4.69) is 59.0 Å². The Bertz CT molecular complexity index is 557. The summed E-state index contributed by atoms with van der Waals surface area (Å²) in [5.74, 6) is -0.160. The molecule has 0 aromatic carbocycles. The highest BCUT2D eigenvalue weighted by atomic mass is 28.4. The first-order valence-electron chi connectivity index (χ1n) is 12.3. The molecule has 1 N–H and O–H groups in total. The van der Waals surface area contributed by atoms with Crippen LogP contribution in [-0.2, 0) is 9.22 Å². The van der Waals surface area contributed by atoms with Gasteiger partial charge in [0.05, 0.1) is 0 Å². The third-order valence-corrected chi connectivity index (χ3v) is 11.4. The summed E-state index contributed by atoms with van der Waals surface area (Å²) in [7, 11) is -2.05. The second-order valence-corrected chi connectivity index (χ2v) is 15.3. The van der Waals surface area contributed by atoms with Crippen LogP contribution in [0.5, 0.6) is 0 Å². The van der Waals surface area contributed by atoms with E-state index in [0.717, 1.165) is 25.7 Å². The highest BCUT2D eigenvalue weighted by molar-refractivity contribution is 6.74. The van der Waals surface area contributed by atoms with Crippen LogP contribution in [0.2, 0.25) is 18.1 Å². The molecule has 0 aromatic rings. The molecule has 30 heavy (non-hydrogen) atoms. The van der Waals surface area contributed by atoms with E-state index in [1.54, 1.807) is 5.57 Å². The highest BCUT2D eigenvalue weighted by Crippen LogP contribution is 2.38. The molecule has 0 saturated carbocycles. The Labute approximate surface area is 187 Å². The van der Waals surface area contributed by atoms with Gasteiger partial charge in [-0.3, -0.25) is 0 Å². The molecular weight excluding hydrogens is 388 g/mol. The average molecular weight is 437 g/mol. The molecule has 0 heterocycles. The van der Waals surface area contributed by atoms with E-state index >= 15 is 0 Å². The maximum absolute atomic E-state index is 11.7. The predicted octanol–water partition coefficient (Wildman–Crippen LogP) is 8.27. The Morgan fingerprint density at radius 3 is 2.53 bits per heavy atom. The first-order chi connectivity index (χ1) is 14.1. The quantitative estimate of drug-likeness (QED) is 0.159. The molecule has 174 valence electrons. The lowest BCUT2D eigenvalue weighted by Crippen LogP contribution is -2.46. The first kappa shape index (κ1) is 27.2. The van der Waals surface area contributed by atoms with Crippen LogP contribution >= 0.6 is 0 Å². The van der Waals surface area contributed by atoms with E-state index in [1.807, 2.05) is 0 Å². The highest BCUT2D eigenvalue weighted by Gasteiger charge is 2.40. The molecule has 0 aliphatic heterocycles. The van der Waals surface area contributed by atoms with Gasteiger partial charge in [-0.1, -0.05) is 83.6 Å². The van der Waals surface area contributed by atoms with E-state index in [-0.39, 0.29) is 5.04 Å². The fourth-order valence-corrected chi connectivity index (χ4v) is 5.13. The largest absolute Gasteiger partial charge is 0.479 e. The van der Waals surface area contributed by atoms with Gasteiger partial charge in [-0.15, -0.1) is 0 Å². The zero-order chi connectivity index (χ0) is 22.6. The van der Waals surface area contributed by atoms with E-state index in [4.69, 9.17) is 4.43 Å². The number of carboxylic acid groups (broad SMARTS) is 1. The van der Waals surface area contributed by atoms with E-state index in [9.17, 15) is 9.90 Å². The summed E-state index contributed by atoms with van der Waals surface area (Å²) < 4.78 is 6.16. The van der Waals surface area contributed by atoms with E-state index in [1.165, 1.54) is 44.9 Å². The fraction of sp³-hybridized carbons (Fsp3) is 0.808. The minimum Gasteiger partial charge on any atom is -0.479 e. The molecule has 0 radical (unpaired) electrons. The molecule has 1 aliphatic carbocycles. The third kappa shape index (κ3) is 9.96. The van der Waals surface area contributed by atoms with Crippen molar-refractivity contribution < 1.29 is 14.3 Å². The molecule has 0 bridgehead atoms. The van der Waals surface area contributed by atoms with Crippen LogP contribution in [0.3, 0.4) is 0 Å². The summed E-state index contributed by atoms with van der Waals surface area (Å²) in [5, 5.41) is 9.63. The van der Waals surface area contributed by atoms with Gasteiger partial charge in [-0.2, -0.15) is 0 Å². The molecule has 1 aliphatic rings. The zero-order valence-electron chi connectivity index (χ0n) is 20.6. The molecule has 0 saturated heterocycles. The smallest absolute Gasteiger partial charge is 0.331 e. The van der Waals surface area contributed by atoms with Gasteiger partial charge >= 0.3 is 5.97 Å². The topological polar surface area (TPSA) is 46.5 Å². The summed E-state index contributed by atoms with van der Waals surface area (Å²) >= 11 is 0. The first-order valence-corrected chi connectivity index (χ1v) is 15.3. The summed E-state index contributed by atoms with van der Waals surface area (Å²) in [5.41, 5.74) is 1.60. The summed E-state index contributed by atoms with van der Waals surface area (Å²) in [6, 6.07) is 0. The fourth-order valence-electron chi connectivity index (χ4n) is 3.84. The number of carbonyl (C=O) groups is 1. The summed E-state index contributed by atoms with van der Waals surface area (Å²) in [6.07, 6.45) is 20.6. The van der Waals surface area contributed by atoms with Crippen LogP contribution in [0.25, 0.3) is 0 Å². The lowest BCUT2D eigenvalue weighted by molar-refractivity contribution is -0.146.